The number of carbonyl (C=O) groups is 2. The lowest BCUT2D eigenvalue weighted by molar-refractivity contribution is -0.142. The molecule has 1 aliphatic heterocycles. The number of fused-ring (bicyclic) bond motifs is 1. The predicted molar refractivity (Wildman–Crippen MR) is 129 cm³/mol. The summed E-state index contributed by atoms with van der Waals surface area (Å²) in [5, 5.41) is 0.627. The van der Waals surface area contributed by atoms with Gasteiger partial charge in [-0.15, -0.1) is 0 Å². The second-order valence-corrected chi connectivity index (χ2v) is 7.68. The summed E-state index contributed by atoms with van der Waals surface area (Å²) in [6.45, 7) is 6.11. The lowest BCUT2D eigenvalue weighted by Gasteiger charge is -2.20. The molecule has 6 heteroatoms. The van der Waals surface area contributed by atoms with E-state index in [9.17, 15) is 9.59 Å². The van der Waals surface area contributed by atoms with Crippen molar-refractivity contribution in [1.29, 1.82) is 0 Å². The summed E-state index contributed by atoms with van der Waals surface area (Å²) in [5.74, 6) is 0.602. The summed E-state index contributed by atoms with van der Waals surface area (Å²) in [4.78, 5) is 26.8. The van der Waals surface area contributed by atoms with Crippen molar-refractivity contribution in [1.82, 2.24) is 0 Å². The highest BCUT2D eigenvalue weighted by molar-refractivity contribution is 6.30. The Labute approximate surface area is 193 Å². The number of Topliss-reactive ketones (excluding diaryl/α,β-unsaturated/α-hetero) is 1. The van der Waals surface area contributed by atoms with E-state index in [2.05, 4.69) is 6.58 Å². The van der Waals surface area contributed by atoms with Gasteiger partial charge >= 0.3 is 5.97 Å². The number of carbonyl (C=O) groups excluding carboxylic acids is 2. The molecule has 0 aliphatic carbocycles. The first-order valence-electron chi connectivity index (χ1n) is 10.1. The number of halogens is 1. The van der Waals surface area contributed by atoms with Crippen molar-refractivity contribution in [2.24, 2.45) is 0 Å². The van der Waals surface area contributed by atoms with Crippen LogP contribution in [0.2, 0.25) is 5.02 Å². The summed E-state index contributed by atoms with van der Waals surface area (Å²) in [5.41, 5.74) is 3.74. The zero-order chi connectivity index (χ0) is 23.1. The number of hydrogen-bond donors (Lipinski definition) is 0. The minimum Gasteiger partial charge on any atom is -0.461 e. The molecular weight excluding hydrogens is 424 g/mol. The van der Waals surface area contributed by atoms with E-state index in [4.69, 9.17) is 16.3 Å². The molecule has 0 bridgehead atoms. The molecule has 0 saturated heterocycles. The van der Waals surface area contributed by atoms with Gasteiger partial charge < -0.3 is 14.5 Å². The van der Waals surface area contributed by atoms with Gasteiger partial charge in [-0.05, 0) is 42.0 Å². The molecule has 0 atom stereocenters. The second kappa shape index (κ2) is 10.6. The minimum atomic E-state index is -0.242. The number of rotatable bonds is 5. The first-order chi connectivity index (χ1) is 15.4. The molecule has 1 heterocycles. The van der Waals surface area contributed by atoms with E-state index in [0.29, 0.717) is 17.2 Å². The monoisotopic (exact) mass is 448 g/mol. The molecule has 0 saturated carbocycles. The number of para-hydroxylation sites is 2. The van der Waals surface area contributed by atoms with Crippen LogP contribution in [0.15, 0.2) is 91.3 Å². The maximum atomic E-state index is 12.4. The molecule has 1 aliphatic rings. The Balaban J connectivity index is 0.000000222. The summed E-state index contributed by atoms with van der Waals surface area (Å²) in [7, 11) is 1.95. The van der Waals surface area contributed by atoms with Crippen LogP contribution in [0.3, 0.4) is 0 Å². The van der Waals surface area contributed by atoms with Gasteiger partial charge in [0.05, 0.1) is 17.9 Å². The first kappa shape index (κ1) is 23.1. The van der Waals surface area contributed by atoms with Crippen molar-refractivity contribution in [3.63, 3.8) is 0 Å². The Morgan fingerprint density at radius 3 is 2.12 bits per heavy atom. The topological polar surface area (TPSA) is 49.9 Å². The fraction of sp³-hybridized carbons (Fsp3) is 0.154. The maximum Gasteiger partial charge on any atom is 0.302 e. The summed E-state index contributed by atoms with van der Waals surface area (Å²) < 4.78 is 4.79. The Morgan fingerprint density at radius 2 is 1.50 bits per heavy atom. The van der Waals surface area contributed by atoms with Crippen molar-refractivity contribution in [2.45, 2.75) is 13.5 Å². The molecule has 0 fully saturated rings. The third kappa shape index (κ3) is 5.77. The lowest BCUT2D eigenvalue weighted by Crippen LogP contribution is -2.30. The highest BCUT2D eigenvalue weighted by Crippen LogP contribution is 2.39. The van der Waals surface area contributed by atoms with Gasteiger partial charge in [0.1, 0.15) is 12.4 Å². The maximum absolute atomic E-state index is 12.4. The van der Waals surface area contributed by atoms with Gasteiger partial charge in [0, 0.05) is 24.6 Å². The smallest absolute Gasteiger partial charge is 0.302 e. The van der Waals surface area contributed by atoms with Crippen LogP contribution in [-0.2, 0) is 16.1 Å². The summed E-state index contributed by atoms with van der Waals surface area (Å²) >= 11 is 5.85. The van der Waals surface area contributed by atoms with E-state index in [1.54, 1.807) is 24.3 Å². The molecule has 0 spiro atoms. The molecule has 0 aromatic heterocycles. The van der Waals surface area contributed by atoms with Crippen molar-refractivity contribution >= 4 is 34.7 Å². The first-order valence-corrected chi connectivity index (χ1v) is 10.5. The number of ketones is 1. The Hall–Kier alpha value is -3.57. The van der Waals surface area contributed by atoms with Gasteiger partial charge in [-0.3, -0.25) is 9.59 Å². The van der Waals surface area contributed by atoms with E-state index >= 15 is 0 Å². The average Bonchev–Trinajstić information content (AvgIpc) is 3.04. The van der Waals surface area contributed by atoms with Gasteiger partial charge in [0.15, 0.2) is 5.78 Å². The zero-order valence-corrected chi connectivity index (χ0v) is 18.9. The Kier molecular flexibility index (Phi) is 7.68. The van der Waals surface area contributed by atoms with Crippen LogP contribution in [0.25, 0.3) is 0 Å². The van der Waals surface area contributed by atoms with Gasteiger partial charge in [-0.1, -0.05) is 60.6 Å². The number of hydrogen-bond acceptors (Lipinski definition) is 5. The average molecular weight is 449 g/mol. The minimum absolute atomic E-state index is 0.0397. The number of nitrogens with zero attached hydrogens (tertiary/aromatic N) is 2. The fourth-order valence-corrected chi connectivity index (χ4v) is 3.37. The molecule has 32 heavy (non-hydrogen) atoms. The number of benzene rings is 3. The van der Waals surface area contributed by atoms with Crippen LogP contribution >= 0.6 is 11.6 Å². The van der Waals surface area contributed by atoms with E-state index in [1.807, 2.05) is 71.4 Å². The van der Waals surface area contributed by atoms with E-state index in [-0.39, 0.29) is 18.3 Å². The van der Waals surface area contributed by atoms with Crippen LogP contribution < -0.4 is 9.80 Å². The quantitative estimate of drug-likeness (QED) is 0.370. The summed E-state index contributed by atoms with van der Waals surface area (Å²) in [6.07, 6.45) is 0. The number of anilines is 2. The number of ether oxygens (including phenoxy) is 1. The van der Waals surface area contributed by atoms with Gasteiger partial charge in [0.2, 0.25) is 0 Å². The molecule has 0 unspecified atom stereocenters. The SMILES string of the molecule is C=C1N(C)c2ccccc2N1CC(=O)c1ccc(Cl)cc1.CC(=O)OCc1ccccc1. The molecule has 0 N–H and O–H groups in total. The van der Waals surface area contributed by atoms with Crippen molar-refractivity contribution in [3.05, 3.63) is 107 Å². The second-order valence-electron chi connectivity index (χ2n) is 7.25. The van der Waals surface area contributed by atoms with Crippen LogP contribution in [0.5, 0.6) is 0 Å². The third-order valence-electron chi connectivity index (χ3n) is 4.99. The molecule has 4 rings (SSSR count). The van der Waals surface area contributed by atoms with Gasteiger partial charge in [-0.2, -0.15) is 0 Å². The van der Waals surface area contributed by atoms with E-state index in [0.717, 1.165) is 22.8 Å². The van der Waals surface area contributed by atoms with E-state index in [1.165, 1.54) is 6.92 Å². The predicted octanol–water partition coefficient (Wildman–Crippen LogP) is 5.70. The highest BCUT2D eigenvalue weighted by atomic mass is 35.5. The molecule has 0 amide bonds. The van der Waals surface area contributed by atoms with Crippen molar-refractivity contribution in [3.8, 4) is 0 Å². The lowest BCUT2D eigenvalue weighted by atomic mass is 10.1. The highest BCUT2D eigenvalue weighted by Gasteiger charge is 2.28. The fourth-order valence-electron chi connectivity index (χ4n) is 3.24. The Morgan fingerprint density at radius 1 is 0.906 bits per heavy atom. The van der Waals surface area contributed by atoms with Crippen molar-refractivity contribution in [2.75, 3.05) is 23.4 Å². The largest absolute Gasteiger partial charge is 0.461 e. The molecular formula is C26H25ClN2O3. The third-order valence-corrected chi connectivity index (χ3v) is 5.24. The van der Waals surface area contributed by atoms with Gasteiger partial charge in [-0.25, -0.2) is 0 Å². The zero-order valence-electron chi connectivity index (χ0n) is 18.1. The number of esters is 1. The van der Waals surface area contributed by atoms with Gasteiger partial charge in [0.25, 0.3) is 0 Å². The standard InChI is InChI=1S/C17H15ClN2O.C9H10O2/c1-12-19(2)15-5-3-4-6-16(15)20(12)11-17(21)13-7-9-14(18)10-8-13;1-8(10)11-7-9-5-3-2-4-6-9/h3-10H,1,11H2,2H3;2-6H,7H2,1H3. The summed E-state index contributed by atoms with van der Waals surface area (Å²) in [6, 6.07) is 24.5. The molecule has 3 aromatic rings. The van der Waals surface area contributed by atoms with Crippen LogP contribution in [0.1, 0.15) is 22.8 Å². The molecule has 0 radical (unpaired) electrons. The van der Waals surface area contributed by atoms with Crippen molar-refractivity contribution < 1.29 is 14.3 Å². The van der Waals surface area contributed by atoms with E-state index < -0.39 is 0 Å². The molecule has 3 aromatic carbocycles. The Bertz CT molecular complexity index is 1100. The molecule has 164 valence electrons. The van der Waals surface area contributed by atoms with Crippen LogP contribution in [-0.4, -0.2) is 25.3 Å². The molecule has 5 nitrogen and oxygen atoms in total. The van der Waals surface area contributed by atoms with Crippen LogP contribution in [0.4, 0.5) is 11.4 Å². The van der Waals surface area contributed by atoms with Crippen LogP contribution in [0, 0.1) is 0 Å². The normalized spacial score (nSPS) is 12.0.